The van der Waals surface area contributed by atoms with Crippen molar-refractivity contribution >= 4 is 64.1 Å². The highest BCUT2D eigenvalue weighted by Crippen LogP contribution is 2.39. The van der Waals surface area contributed by atoms with Crippen LogP contribution in [-0.2, 0) is 0 Å². The topological polar surface area (TPSA) is 43.6 Å². The molecule has 9 aromatic rings. The highest BCUT2D eigenvalue weighted by molar-refractivity contribution is 7.25. The molecule has 0 atom stereocenters. The molecular weight excluding hydrogens is 533 g/mol. The second-order valence-electron chi connectivity index (χ2n) is 10.5. The van der Waals surface area contributed by atoms with Crippen LogP contribution in [-0.4, -0.2) is 19.5 Å². The number of nitrogens with zero attached hydrogens (tertiary/aromatic N) is 4. The maximum Gasteiger partial charge on any atom is 0.238 e. The molecule has 0 fully saturated rings. The van der Waals surface area contributed by atoms with Crippen LogP contribution in [0.1, 0.15) is 0 Å². The van der Waals surface area contributed by atoms with Crippen molar-refractivity contribution in [3.8, 4) is 28.7 Å². The Hall–Kier alpha value is -5.39. The van der Waals surface area contributed by atoms with Gasteiger partial charge in [-0.2, -0.15) is 9.97 Å². The fourth-order valence-electron chi connectivity index (χ4n) is 6.05. The zero-order valence-electron chi connectivity index (χ0n) is 22.4. The summed E-state index contributed by atoms with van der Waals surface area (Å²) < 4.78 is 4.82. The molecule has 0 radical (unpaired) electrons. The largest absolute Gasteiger partial charge is 0.278 e. The summed E-state index contributed by atoms with van der Waals surface area (Å²) in [6, 6.07) is 46.7. The lowest BCUT2D eigenvalue weighted by Crippen LogP contribution is -2.06. The van der Waals surface area contributed by atoms with Gasteiger partial charge >= 0.3 is 0 Å². The zero-order valence-corrected chi connectivity index (χ0v) is 23.2. The molecule has 9 rings (SSSR count). The predicted molar refractivity (Wildman–Crippen MR) is 175 cm³/mol. The van der Waals surface area contributed by atoms with Gasteiger partial charge in [-0.1, -0.05) is 97.1 Å². The molecule has 42 heavy (non-hydrogen) atoms. The summed E-state index contributed by atoms with van der Waals surface area (Å²) >= 11 is 1.85. The van der Waals surface area contributed by atoms with Gasteiger partial charge < -0.3 is 0 Å². The quantitative estimate of drug-likeness (QED) is 0.218. The predicted octanol–water partition coefficient (Wildman–Crippen LogP) is 9.82. The van der Waals surface area contributed by atoms with Crippen molar-refractivity contribution in [1.29, 1.82) is 0 Å². The van der Waals surface area contributed by atoms with Crippen LogP contribution in [0.2, 0.25) is 0 Å². The van der Waals surface area contributed by atoms with E-state index in [-0.39, 0.29) is 0 Å². The molecule has 0 bridgehead atoms. The van der Waals surface area contributed by atoms with Crippen molar-refractivity contribution in [2.75, 3.05) is 0 Å². The van der Waals surface area contributed by atoms with E-state index in [2.05, 4.69) is 77.4 Å². The summed E-state index contributed by atoms with van der Waals surface area (Å²) in [5, 5.41) is 7.38. The summed E-state index contributed by atoms with van der Waals surface area (Å²) in [4.78, 5) is 15.1. The third-order valence-corrected chi connectivity index (χ3v) is 9.15. The van der Waals surface area contributed by atoms with Gasteiger partial charge in [-0.3, -0.25) is 4.57 Å². The van der Waals surface area contributed by atoms with E-state index < -0.39 is 0 Å². The van der Waals surface area contributed by atoms with Crippen molar-refractivity contribution in [1.82, 2.24) is 19.5 Å². The van der Waals surface area contributed by atoms with E-state index in [1.54, 1.807) is 0 Å². The Morgan fingerprint density at radius 2 is 1.02 bits per heavy atom. The van der Waals surface area contributed by atoms with E-state index >= 15 is 0 Å². The molecule has 6 aromatic carbocycles. The van der Waals surface area contributed by atoms with Crippen LogP contribution in [0.25, 0.3) is 81.5 Å². The average molecular weight is 555 g/mol. The van der Waals surface area contributed by atoms with Crippen LogP contribution in [0, 0.1) is 0 Å². The third kappa shape index (κ3) is 3.57. The van der Waals surface area contributed by atoms with Crippen LogP contribution in [0.3, 0.4) is 0 Å². The van der Waals surface area contributed by atoms with Gasteiger partial charge in [0, 0.05) is 42.1 Å². The van der Waals surface area contributed by atoms with E-state index in [9.17, 15) is 0 Å². The SMILES string of the molecule is c1ccc(-c2nc(-c3ccccc3)nc(-n3c4ccccc4c4cc5cc6sc7ccccc7c6cc5cc43)n2)cc1. The lowest BCUT2D eigenvalue weighted by atomic mass is 10.0. The number of aromatic nitrogens is 4. The molecule has 0 aliphatic carbocycles. The first-order valence-electron chi connectivity index (χ1n) is 14.0. The van der Waals surface area contributed by atoms with Crippen molar-refractivity contribution < 1.29 is 0 Å². The number of hydrogen-bond acceptors (Lipinski definition) is 4. The normalized spacial score (nSPS) is 11.8. The molecule has 0 saturated heterocycles. The molecular formula is C37H22N4S. The van der Waals surface area contributed by atoms with Gasteiger partial charge in [0.25, 0.3) is 0 Å². The minimum atomic E-state index is 0.607. The maximum atomic E-state index is 5.08. The molecule has 5 heteroatoms. The summed E-state index contributed by atoms with van der Waals surface area (Å²) in [6.07, 6.45) is 0. The van der Waals surface area contributed by atoms with Crippen LogP contribution in [0.4, 0.5) is 0 Å². The first-order chi connectivity index (χ1) is 20.8. The van der Waals surface area contributed by atoms with Crippen molar-refractivity contribution in [3.63, 3.8) is 0 Å². The second kappa shape index (κ2) is 9.06. The lowest BCUT2D eigenvalue weighted by molar-refractivity contribution is 0.954. The van der Waals surface area contributed by atoms with Gasteiger partial charge in [0.05, 0.1) is 11.0 Å². The Bertz CT molecular complexity index is 2400. The summed E-state index contributed by atoms with van der Waals surface area (Å²) in [5.74, 6) is 1.91. The van der Waals surface area contributed by atoms with E-state index in [1.165, 1.54) is 41.7 Å². The zero-order chi connectivity index (χ0) is 27.6. The Kier molecular flexibility index (Phi) is 5.03. The molecule has 0 amide bonds. The second-order valence-corrected chi connectivity index (χ2v) is 11.6. The highest BCUT2D eigenvalue weighted by Gasteiger charge is 2.18. The highest BCUT2D eigenvalue weighted by atomic mass is 32.1. The molecule has 0 aliphatic rings. The Morgan fingerprint density at radius 1 is 0.429 bits per heavy atom. The molecule has 196 valence electrons. The number of thiophene rings is 1. The molecule has 0 aliphatic heterocycles. The van der Waals surface area contributed by atoms with Crippen LogP contribution < -0.4 is 0 Å². The molecule has 4 nitrogen and oxygen atoms in total. The standard InChI is InChI=1S/C37H22N4S/c1-3-11-23(12-4-1)35-38-36(24-13-5-2-6-14-24)40-37(39-35)41-31-17-9-7-15-27(31)29-19-26-22-34-30(20-25(26)21-32(29)41)28-16-8-10-18-33(28)42-34/h1-22H. The molecule has 3 heterocycles. The molecule has 0 spiro atoms. The smallest absolute Gasteiger partial charge is 0.238 e. The number of rotatable bonds is 3. The number of para-hydroxylation sites is 1. The maximum absolute atomic E-state index is 5.08. The fourth-order valence-corrected chi connectivity index (χ4v) is 7.18. The number of fused-ring (bicyclic) bond motifs is 7. The van der Waals surface area contributed by atoms with Crippen LogP contribution in [0.15, 0.2) is 133 Å². The fraction of sp³-hybridized carbons (Fsp3) is 0. The Labute approximate surface area is 245 Å². The minimum Gasteiger partial charge on any atom is -0.278 e. The van der Waals surface area contributed by atoms with Gasteiger partial charge in [-0.15, -0.1) is 11.3 Å². The van der Waals surface area contributed by atoms with Gasteiger partial charge in [-0.05, 0) is 47.2 Å². The van der Waals surface area contributed by atoms with Crippen LogP contribution >= 0.6 is 11.3 Å². The summed E-state index contributed by atoms with van der Waals surface area (Å²) in [5.41, 5.74) is 4.05. The molecule has 0 unspecified atom stereocenters. The third-order valence-electron chi connectivity index (χ3n) is 8.01. The van der Waals surface area contributed by atoms with Gasteiger partial charge in [0.1, 0.15) is 0 Å². The average Bonchev–Trinajstić information content (AvgIpc) is 3.58. The van der Waals surface area contributed by atoms with Crippen molar-refractivity contribution in [3.05, 3.63) is 133 Å². The van der Waals surface area contributed by atoms with Gasteiger partial charge in [0.2, 0.25) is 5.95 Å². The Morgan fingerprint density at radius 3 is 1.76 bits per heavy atom. The molecule has 0 N–H and O–H groups in total. The van der Waals surface area contributed by atoms with Gasteiger partial charge in [-0.25, -0.2) is 4.98 Å². The van der Waals surface area contributed by atoms with E-state index in [1.807, 2.05) is 72.0 Å². The van der Waals surface area contributed by atoms with E-state index in [4.69, 9.17) is 15.0 Å². The van der Waals surface area contributed by atoms with Gasteiger partial charge in [0.15, 0.2) is 11.6 Å². The Balaban J connectivity index is 1.37. The van der Waals surface area contributed by atoms with Crippen molar-refractivity contribution in [2.45, 2.75) is 0 Å². The monoisotopic (exact) mass is 554 g/mol. The number of hydrogen-bond donors (Lipinski definition) is 0. The summed E-state index contributed by atoms with van der Waals surface area (Å²) in [7, 11) is 0. The first kappa shape index (κ1) is 23.3. The van der Waals surface area contributed by atoms with Crippen LogP contribution in [0.5, 0.6) is 0 Å². The molecule has 3 aromatic heterocycles. The lowest BCUT2D eigenvalue weighted by Gasteiger charge is -2.11. The number of benzene rings is 6. The van der Waals surface area contributed by atoms with E-state index in [0.717, 1.165) is 22.2 Å². The molecule has 0 saturated carbocycles. The minimum absolute atomic E-state index is 0.607. The van der Waals surface area contributed by atoms with Crippen molar-refractivity contribution in [2.24, 2.45) is 0 Å². The summed E-state index contributed by atoms with van der Waals surface area (Å²) in [6.45, 7) is 0. The first-order valence-corrected chi connectivity index (χ1v) is 14.8. The van der Waals surface area contributed by atoms with E-state index in [0.29, 0.717) is 17.6 Å².